The number of rotatable bonds is 4. The van der Waals surface area contributed by atoms with Crippen molar-refractivity contribution in [2.24, 2.45) is 0 Å². The molecule has 1 aromatic heterocycles. The van der Waals surface area contributed by atoms with Crippen LogP contribution in [0.5, 0.6) is 0 Å². The van der Waals surface area contributed by atoms with Crippen LogP contribution in [0.3, 0.4) is 0 Å². The van der Waals surface area contributed by atoms with Gasteiger partial charge in [0.2, 0.25) is 12.3 Å². The molecule has 6 heteroatoms. The highest BCUT2D eigenvalue weighted by Gasteiger charge is 2.12. The maximum absolute atomic E-state index is 11.3. The maximum Gasteiger partial charge on any atom is 0.234 e. The molecular formula is C9H16N4O2. The molecule has 0 fully saturated rings. The van der Waals surface area contributed by atoms with Crippen molar-refractivity contribution < 1.29 is 9.32 Å². The molecule has 0 bridgehead atoms. The largest absolute Gasteiger partial charge is 0.350 e. The van der Waals surface area contributed by atoms with Gasteiger partial charge in [0, 0.05) is 5.54 Å². The van der Waals surface area contributed by atoms with Gasteiger partial charge in [-0.3, -0.25) is 4.79 Å². The molecule has 0 aliphatic rings. The summed E-state index contributed by atoms with van der Waals surface area (Å²) in [5.41, 5.74) is -0.203. The Bertz CT molecular complexity index is 302. The Balaban J connectivity index is 2.18. The van der Waals surface area contributed by atoms with Crippen LogP contribution in [0.15, 0.2) is 10.9 Å². The summed E-state index contributed by atoms with van der Waals surface area (Å²) in [5, 5.41) is 9.35. The maximum atomic E-state index is 11.3. The lowest BCUT2D eigenvalue weighted by Crippen LogP contribution is -2.44. The minimum Gasteiger partial charge on any atom is -0.350 e. The first-order valence-corrected chi connectivity index (χ1v) is 4.74. The highest BCUT2D eigenvalue weighted by atomic mass is 16.5. The molecular weight excluding hydrogens is 196 g/mol. The monoisotopic (exact) mass is 212 g/mol. The van der Waals surface area contributed by atoms with Crippen LogP contribution in [0, 0.1) is 0 Å². The summed E-state index contributed by atoms with van der Waals surface area (Å²) in [6, 6.07) is 0. The number of amides is 1. The van der Waals surface area contributed by atoms with Crippen molar-refractivity contribution in [3.8, 4) is 0 Å². The quantitative estimate of drug-likeness (QED) is 0.738. The third-order valence-corrected chi connectivity index (χ3v) is 1.49. The number of nitrogens with zero attached hydrogens (tertiary/aromatic N) is 2. The molecule has 0 saturated heterocycles. The second-order valence-electron chi connectivity index (χ2n) is 4.25. The highest BCUT2D eigenvalue weighted by Crippen LogP contribution is 1.97. The van der Waals surface area contributed by atoms with Crippen molar-refractivity contribution >= 4 is 5.91 Å². The zero-order chi connectivity index (χ0) is 11.3. The summed E-state index contributed by atoms with van der Waals surface area (Å²) in [4.78, 5) is 15.2. The molecule has 1 rings (SSSR count). The number of carbonyl (C=O) groups is 1. The summed E-state index contributed by atoms with van der Waals surface area (Å²) >= 11 is 0. The smallest absolute Gasteiger partial charge is 0.234 e. The molecule has 1 heterocycles. The van der Waals surface area contributed by atoms with Gasteiger partial charge in [-0.1, -0.05) is 5.16 Å². The van der Waals surface area contributed by atoms with E-state index in [4.69, 9.17) is 0 Å². The van der Waals surface area contributed by atoms with Crippen molar-refractivity contribution in [3.05, 3.63) is 12.2 Å². The second kappa shape index (κ2) is 4.88. The molecule has 6 nitrogen and oxygen atoms in total. The fourth-order valence-electron chi connectivity index (χ4n) is 1.02. The van der Waals surface area contributed by atoms with Gasteiger partial charge in [0.1, 0.15) is 0 Å². The van der Waals surface area contributed by atoms with Crippen LogP contribution in [0.1, 0.15) is 26.6 Å². The Hall–Kier alpha value is -1.43. The molecule has 0 saturated carbocycles. The summed E-state index contributed by atoms with van der Waals surface area (Å²) in [6.45, 7) is 6.47. The molecule has 0 aromatic carbocycles. The zero-order valence-electron chi connectivity index (χ0n) is 9.20. The minimum absolute atomic E-state index is 0.0500. The van der Waals surface area contributed by atoms with Crippen LogP contribution in [0.25, 0.3) is 0 Å². The van der Waals surface area contributed by atoms with Crippen molar-refractivity contribution in [2.75, 3.05) is 6.54 Å². The van der Waals surface area contributed by atoms with E-state index < -0.39 is 0 Å². The van der Waals surface area contributed by atoms with E-state index >= 15 is 0 Å². The average Bonchev–Trinajstić information content (AvgIpc) is 2.53. The number of hydrogen-bond donors (Lipinski definition) is 2. The molecule has 0 radical (unpaired) electrons. The van der Waals surface area contributed by atoms with Gasteiger partial charge >= 0.3 is 0 Å². The molecule has 0 atom stereocenters. The van der Waals surface area contributed by atoms with Crippen molar-refractivity contribution in [1.82, 2.24) is 20.8 Å². The van der Waals surface area contributed by atoms with E-state index in [1.807, 2.05) is 20.8 Å². The first-order chi connectivity index (χ1) is 6.97. The predicted molar refractivity (Wildman–Crippen MR) is 53.9 cm³/mol. The van der Waals surface area contributed by atoms with Crippen molar-refractivity contribution in [2.45, 2.75) is 32.9 Å². The molecule has 0 spiro atoms. The molecule has 1 aromatic rings. The van der Waals surface area contributed by atoms with E-state index in [-0.39, 0.29) is 18.0 Å². The minimum atomic E-state index is -0.203. The van der Waals surface area contributed by atoms with Gasteiger partial charge in [-0.25, -0.2) is 0 Å². The van der Waals surface area contributed by atoms with E-state index in [0.717, 1.165) is 0 Å². The molecule has 1 amide bonds. The third kappa shape index (κ3) is 5.11. The number of nitrogens with one attached hydrogen (secondary N) is 2. The Morgan fingerprint density at radius 1 is 1.53 bits per heavy atom. The van der Waals surface area contributed by atoms with Crippen LogP contribution in [-0.4, -0.2) is 28.1 Å². The van der Waals surface area contributed by atoms with Gasteiger partial charge in [0.25, 0.3) is 0 Å². The Morgan fingerprint density at radius 2 is 2.27 bits per heavy atom. The first-order valence-electron chi connectivity index (χ1n) is 4.74. The third-order valence-electron chi connectivity index (χ3n) is 1.49. The highest BCUT2D eigenvalue weighted by molar-refractivity contribution is 5.78. The van der Waals surface area contributed by atoms with Crippen LogP contribution in [0.2, 0.25) is 0 Å². The van der Waals surface area contributed by atoms with E-state index in [1.165, 1.54) is 6.39 Å². The van der Waals surface area contributed by atoms with Crippen LogP contribution in [0.4, 0.5) is 0 Å². The topological polar surface area (TPSA) is 80.0 Å². The van der Waals surface area contributed by atoms with Gasteiger partial charge in [-0.05, 0) is 20.8 Å². The molecule has 0 aliphatic heterocycles. The molecule has 0 aliphatic carbocycles. The van der Waals surface area contributed by atoms with Gasteiger partial charge in [0.15, 0.2) is 5.82 Å². The molecule has 84 valence electrons. The van der Waals surface area contributed by atoms with Gasteiger partial charge in [0.05, 0.1) is 13.1 Å². The van der Waals surface area contributed by atoms with Crippen LogP contribution < -0.4 is 10.6 Å². The number of carbonyl (C=O) groups excluding carboxylic acids is 1. The fraction of sp³-hybridized carbons (Fsp3) is 0.667. The van der Waals surface area contributed by atoms with Gasteiger partial charge < -0.3 is 15.2 Å². The Morgan fingerprint density at radius 3 is 2.80 bits per heavy atom. The van der Waals surface area contributed by atoms with Crippen molar-refractivity contribution in [1.29, 1.82) is 0 Å². The van der Waals surface area contributed by atoms with Crippen LogP contribution >= 0.6 is 0 Å². The van der Waals surface area contributed by atoms with Crippen LogP contribution in [-0.2, 0) is 11.3 Å². The molecule has 0 unspecified atom stereocenters. The van der Waals surface area contributed by atoms with Gasteiger partial charge in [-0.15, -0.1) is 0 Å². The fourth-order valence-corrected chi connectivity index (χ4v) is 1.02. The zero-order valence-corrected chi connectivity index (χ0v) is 9.20. The predicted octanol–water partition coefficient (Wildman–Crippen LogP) is 0.0739. The van der Waals surface area contributed by atoms with E-state index in [0.29, 0.717) is 12.4 Å². The Kier molecular flexibility index (Phi) is 3.79. The van der Waals surface area contributed by atoms with E-state index in [2.05, 4.69) is 25.3 Å². The molecule has 15 heavy (non-hydrogen) atoms. The first kappa shape index (κ1) is 11.6. The van der Waals surface area contributed by atoms with Gasteiger partial charge in [-0.2, -0.15) is 4.98 Å². The summed E-state index contributed by atoms with van der Waals surface area (Å²) < 4.78 is 4.55. The standard InChI is InChI=1S/C9H16N4O2/c1-9(2,3)12-8(14)5-10-4-7-11-6-15-13-7/h6,10H,4-5H2,1-3H3,(H,12,14). The lowest BCUT2D eigenvalue weighted by Gasteiger charge is -2.20. The number of aromatic nitrogens is 2. The lowest BCUT2D eigenvalue weighted by atomic mass is 10.1. The normalized spacial score (nSPS) is 11.4. The summed E-state index contributed by atoms with van der Waals surface area (Å²) in [5.74, 6) is 0.490. The SMILES string of the molecule is CC(C)(C)NC(=O)CNCc1ncon1. The number of hydrogen-bond acceptors (Lipinski definition) is 5. The van der Waals surface area contributed by atoms with E-state index in [1.54, 1.807) is 0 Å². The molecule has 2 N–H and O–H groups in total. The van der Waals surface area contributed by atoms with E-state index in [9.17, 15) is 4.79 Å². The lowest BCUT2D eigenvalue weighted by molar-refractivity contribution is -0.121. The average molecular weight is 212 g/mol. The Labute approximate surface area is 88.4 Å². The van der Waals surface area contributed by atoms with Crippen molar-refractivity contribution in [3.63, 3.8) is 0 Å². The summed E-state index contributed by atoms with van der Waals surface area (Å²) in [6.07, 6.45) is 1.26. The summed E-state index contributed by atoms with van der Waals surface area (Å²) in [7, 11) is 0. The second-order valence-corrected chi connectivity index (χ2v) is 4.25.